The van der Waals surface area contributed by atoms with E-state index in [0.29, 0.717) is 18.8 Å². The van der Waals surface area contributed by atoms with E-state index in [-0.39, 0.29) is 11.5 Å². The van der Waals surface area contributed by atoms with Gasteiger partial charge in [-0.2, -0.15) is 0 Å². The number of aromatic nitrogens is 1. The van der Waals surface area contributed by atoms with Crippen LogP contribution >= 0.6 is 0 Å². The molecular weight excluding hydrogens is 307 g/mol. The highest BCUT2D eigenvalue weighted by atomic mass is 19.1. The number of nitrogens with zero attached hydrogens (tertiary/aromatic N) is 2. The average molecular weight is 326 g/mol. The minimum Gasteiger partial charge on any atom is -0.394 e. The summed E-state index contributed by atoms with van der Waals surface area (Å²) in [4.78, 5) is 20.0. The van der Waals surface area contributed by atoms with Gasteiger partial charge in [0.25, 0.3) is 5.91 Å². The zero-order valence-corrected chi connectivity index (χ0v) is 13.4. The second kappa shape index (κ2) is 8.57. The summed E-state index contributed by atoms with van der Waals surface area (Å²) in [6.45, 7) is 2.51. The van der Waals surface area contributed by atoms with Gasteiger partial charge in [-0.05, 0) is 48.7 Å². The highest BCUT2D eigenvalue weighted by molar-refractivity contribution is 6.04. The van der Waals surface area contributed by atoms with Crippen molar-refractivity contribution >= 4 is 17.9 Å². The molecule has 0 aliphatic heterocycles. The van der Waals surface area contributed by atoms with E-state index >= 15 is 0 Å². The summed E-state index contributed by atoms with van der Waals surface area (Å²) >= 11 is 0. The van der Waals surface area contributed by atoms with Crippen LogP contribution in [0.1, 0.15) is 18.1 Å². The molecule has 1 aromatic heterocycles. The molecule has 0 saturated heterocycles. The summed E-state index contributed by atoms with van der Waals surface area (Å²) in [6, 6.07) is 9.92. The second-order valence-corrected chi connectivity index (χ2v) is 5.08. The molecule has 0 unspecified atom stereocenters. The molecule has 24 heavy (non-hydrogen) atoms. The zero-order valence-electron chi connectivity index (χ0n) is 13.4. The topological polar surface area (TPSA) is 80.4 Å². The predicted octanol–water partition coefficient (Wildman–Crippen LogP) is 2.68. The van der Waals surface area contributed by atoms with Crippen LogP contribution in [0.3, 0.4) is 0 Å². The SMILES string of the molecule is CCN=CC=C(N)C(=O)Nc1ccc(Cc2cccc(F)c2)cn1. The van der Waals surface area contributed by atoms with Crippen molar-refractivity contribution < 1.29 is 9.18 Å². The number of allylic oxidation sites excluding steroid dienone is 1. The van der Waals surface area contributed by atoms with Crippen LogP contribution in [-0.2, 0) is 11.2 Å². The number of carbonyl (C=O) groups excluding carboxylic acids is 1. The quantitative estimate of drug-likeness (QED) is 0.632. The number of hydrogen-bond donors (Lipinski definition) is 2. The van der Waals surface area contributed by atoms with Crippen molar-refractivity contribution in [2.75, 3.05) is 11.9 Å². The number of benzene rings is 1. The van der Waals surface area contributed by atoms with Crippen LogP contribution in [0.15, 0.2) is 59.4 Å². The molecule has 6 heteroatoms. The molecule has 0 bridgehead atoms. The van der Waals surface area contributed by atoms with Crippen molar-refractivity contribution in [1.82, 2.24) is 4.98 Å². The maximum Gasteiger partial charge on any atom is 0.272 e. The number of hydrogen-bond acceptors (Lipinski definition) is 4. The third-order valence-corrected chi connectivity index (χ3v) is 3.17. The Balaban J connectivity index is 1.98. The molecule has 1 amide bonds. The molecule has 0 fully saturated rings. The Morgan fingerprint density at radius 2 is 2.17 bits per heavy atom. The van der Waals surface area contributed by atoms with Gasteiger partial charge in [0.2, 0.25) is 0 Å². The number of halogens is 1. The monoisotopic (exact) mass is 326 g/mol. The Morgan fingerprint density at radius 1 is 1.33 bits per heavy atom. The van der Waals surface area contributed by atoms with Gasteiger partial charge >= 0.3 is 0 Å². The van der Waals surface area contributed by atoms with Crippen molar-refractivity contribution in [1.29, 1.82) is 0 Å². The molecule has 2 aromatic rings. The molecule has 0 spiro atoms. The lowest BCUT2D eigenvalue weighted by Crippen LogP contribution is -2.20. The second-order valence-electron chi connectivity index (χ2n) is 5.08. The van der Waals surface area contributed by atoms with E-state index in [1.54, 1.807) is 18.3 Å². The molecule has 0 aliphatic rings. The van der Waals surface area contributed by atoms with Crippen molar-refractivity contribution in [3.05, 3.63) is 71.3 Å². The highest BCUT2D eigenvalue weighted by Gasteiger charge is 2.06. The lowest BCUT2D eigenvalue weighted by Gasteiger charge is -2.06. The predicted molar refractivity (Wildman–Crippen MR) is 93.4 cm³/mol. The van der Waals surface area contributed by atoms with E-state index in [9.17, 15) is 9.18 Å². The van der Waals surface area contributed by atoms with Gasteiger partial charge in [0.1, 0.15) is 11.6 Å². The van der Waals surface area contributed by atoms with Gasteiger partial charge in [-0.1, -0.05) is 18.2 Å². The van der Waals surface area contributed by atoms with Gasteiger partial charge in [-0.25, -0.2) is 9.37 Å². The van der Waals surface area contributed by atoms with E-state index in [2.05, 4.69) is 15.3 Å². The summed E-state index contributed by atoms with van der Waals surface area (Å²) in [7, 11) is 0. The molecular formula is C18H19FN4O. The minimum atomic E-state index is -0.442. The van der Waals surface area contributed by atoms with E-state index in [0.717, 1.165) is 11.1 Å². The van der Waals surface area contributed by atoms with E-state index in [1.807, 2.05) is 19.1 Å². The summed E-state index contributed by atoms with van der Waals surface area (Å²) < 4.78 is 13.2. The highest BCUT2D eigenvalue weighted by Crippen LogP contribution is 2.12. The van der Waals surface area contributed by atoms with E-state index < -0.39 is 5.91 Å². The van der Waals surface area contributed by atoms with E-state index in [4.69, 9.17) is 5.73 Å². The van der Waals surface area contributed by atoms with Gasteiger partial charge < -0.3 is 11.1 Å². The van der Waals surface area contributed by atoms with Gasteiger partial charge in [-0.3, -0.25) is 9.79 Å². The molecule has 5 nitrogen and oxygen atoms in total. The number of anilines is 1. The first kappa shape index (κ1) is 17.3. The van der Waals surface area contributed by atoms with Gasteiger partial charge in [0, 0.05) is 19.0 Å². The first-order valence-corrected chi connectivity index (χ1v) is 7.54. The fourth-order valence-corrected chi connectivity index (χ4v) is 1.99. The summed E-state index contributed by atoms with van der Waals surface area (Å²) in [6.07, 6.45) is 5.13. The van der Waals surface area contributed by atoms with Gasteiger partial charge in [0.15, 0.2) is 0 Å². The van der Waals surface area contributed by atoms with Crippen molar-refractivity contribution in [3.8, 4) is 0 Å². The lowest BCUT2D eigenvalue weighted by atomic mass is 10.1. The van der Waals surface area contributed by atoms with Crippen molar-refractivity contribution in [3.63, 3.8) is 0 Å². The van der Waals surface area contributed by atoms with Crippen LogP contribution < -0.4 is 11.1 Å². The van der Waals surface area contributed by atoms with E-state index in [1.165, 1.54) is 24.4 Å². The van der Waals surface area contributed by atoms with Crippen LogP contribution in [-0.4, -0.2) is 23.7 Å². The number of amides is 1. The lowest BCUT2D eigenvalue weighted by molar-refractivity contribution is -0.112. The number of pyridine rings is 1. The molecule has 0 saturated carbocycles. The molecule has 2 rings (SSSR count). The molecule has 124 valence electrons. The Morgan fingerprint density at radius 3 is 2.83 bits per heavy atom. The van der Waals surface area contributed by atoms with Crippen LogP contribution in [0.5, 0.6) is 0 Å². The molecule has 1 aromatic carbocycles. The Hall–Kier alpha value is -3.02. The molecule has 0 radical (unpaired) electrons. The van der Waals surface area contributed by atoms with Crippen LogP contribution in [0.2, 0.25) is 0 Å². The van der Waals surface area contributed by atoms with Gasteiger partial charge in [-0.15, -0.1) is 0 Å². The van der Waals surface area contributed by atoms with Crippen molar-refractivity contribution in [2.45, 2.75) is 13.3 Å². The minimum absolute atomic E-state index is 0.0536. The largest absolute Gasteiger partial charge is 0.394 e. The normalized spacial score (nSPS) is 11.7. The molecule has 0 atom stereocenters. The average Bonchev–Trinajstić information content (AvgIpc) is 2.57. The molecule has 0 aliphatic carbocycles. The number of nitrogens with one attached hydrogen (secondary N) is 1. The first-order valence-electron chi connectivity index (χ1n) is 7.54. The van der Waals surface area contributed by atoms with Crippen molar-refractivity contribution in [2.24, 2.45) is 10.7 Å². The fraction of sp³-hybridized carbons (Fsp3) is 0.167. The molecule has 1 heterocycles. The summed E-state index contributed by atoms with van der Waals surface area (Å²) in [5.74, 6) is -0.312. The summed E-state index contributed by atoms with van der Waals surface area (Å²) in [5.41, 5.74) is 7.47. The molecule has 3 N–H and O–H groups in total. The standard InChI is InChI=1S/C18H19FN4O/c1-2-21-9-8-16(20)18(24)23-17-7-6-14(12-22-17)10-13-4-3-5-15(19)11-13/h3-9,11-12H,2,10,20H2,1H3,(H,22,23,24). The number of aliphatic imine (C=N–C) groups is 1. The number of carbonyl (C=O) groups is 1. The summed E-state index contributed by atoms with van der Waals surface area (Å²) in [5, 5.41) is 2.60. The third-order valence-electron chi connectivity index (χ3n) is 3.17. The maximum atomic E-state index is 13.2. The van der Waals surface area contributed by atoms with Gasteiger partial charge in [0.05, 0.1) is 5.70 Å². The first-order chi connectivity index (χ1) is 11.6. The zero-order chi connectivity index (χ0) is 17.4. The number of nitrogens with two attached hydrogens (primary N) is 1. The Labute approximate surface area is 140 Å². The number of rotatable bonds is 6. The third kappa shape index (κ3) is 5.31. The fourth-order valence-electron chi connectivity index (χ4n) is 1.99. The maximum absolute atomic E-state index is 13.2. The van der Waals surface area contributed by atoms with Crippen LogP contribution in [0.4, 0.5) is 10.2 Å². The Kier molecular flexibility index (Phi) is 6.19. The van der Waals surface area contributed by atoms with Crippen LogP contribution in [0, 0.1) is 5.82 Å². The smallest absolute Gasteiger partial charge is 0.272 e. The van der Waals surface area contributed by atoms with Crippen LogP contribution in [0.25, 0.3) is 0 Å². The Bertz CT molecular complexity index is 754.